The van der Waals surface area contributed by atoms with E-state index >= 15 is 0 Å². The van der Waals surface area contributed by atoms with E-state index in [0.717, 1.165) is 22.3 Å². The molecule has 0 radical (unpaired) electrons. The molecule has 1 saturated heterocycles. The van der Waals surface area contributed by atoms with Crippen LogP contribution in [0.15, 0.2) is 47.4 Å². The smallest absolute Gasteiger partial charge is 0.266 e. The first-order valence-electron chi connectivity index (χ1n) is 7.64. The van der Waals surface area contributed by atoms with E-state index in [9.17, 15) is 9.59 Å². The summed E-state index contributed by atoms with van der Waals surface area (Å²) >= 11 is 6.58. The van der Waals surface area contributed by atoms with Crippen molar-refractivity contribution >= 4 is 46.1 Å². The van der Waals surface area contributed by atoms with Crippen LogP contribution in [0.25, 0.3) is 17.2 Å². The second-order valence-electron chi connectivity index (χ2n) is 5.57. The van der Waals surface area contributed by atoms with Crippen LogP contribution < -0.4 is 0 Å². The maximum Gasteiger partial charge on any atom is 0.266 e. The van der Waals surface area contributed by atoms with Gasteiger partial charge in [0.25, 0.3) is 5.91 Å². The molecule has 1 amide bonds. The zero-order valence-corrected chi connectivity index (χ0v) is 14.5. The van der Waals surface area contributed by atoms with Gasteiger partial charge in [0.2, 0.25) is 0 Å². The van der Waals surface area contributed by atoms with Gasteiger partial charge < -0.3 is 0 Å². The lowest BCUT2D eigenvalue weighted by Crippen LogP contribution is -2.27. The van der Waals surface area contributed by atoms with Gasteiger partial charge in [-0.2, -0.15) is 0 Å². The molecule has 0 atom stereocenters. The van der Waals surface area contributed by atoms with Crippen molar-refractivity contribution in [2.24, 2.45) is 0 Å². The molecule has 0 spiro atoms. The molecular weight excluding hydrogens is 338 g/mol. The highest BCUT2D eigenvalue weighted by molar-refractivity contribution is 8.26. The maximum absolute atomic E-state index is 12.6. The van der Waals surface area contributed by atoms with Crippen LogP contribution in [0.5, 0.6) is 0 Å². The Kier molecular flexibility index (Phi) is 3.62. The first-order valence-corrected chi connectivity index (χ1v) is 8.86. The maximum atomic E-state index is 12.6. The van der Waals surface area contributed by atoms with Crippen molar-refractivity contribution in [1.82, 2.24) is 4.90 Å². The Morgan fingerprint density at radius 1 is 1.04 bits per heavy atom. The number of amides is 1. The fourth-order valence-electron chi connectivity index (χ4n) is 3.14. The Morgan fingerprint density at radius 3 is 2.46 bits per heavy atom. The molecule has 3 nitrogen and oxygen atoms in total. The first kappa shape index (κ1) is 15.3. The quantitative estimate of drug-likeness (QED) is 0.514. The van der Waals surface area contributed by atoms with E-state index in [0.29, 0.717) is 21.3 Å². The van der Waals surface area contributed by atoms with Gasteiger partial charge in [-0.1, -0.05) is 66.4 Å². The standard InChI is InChI=1S/C19H13NO2S2/c1-2-20-18(22)15(24-19(20)23)10-11-6-5-9-14-16(11)12-7-3-4-8-13(12)17(14)21/h3-10H,2H2,1H3/b15-10+. The summed E-state index contributed by atoms with van der Waals surface area (Å²) in [5.74, 6) is -0.0281. The minimum absolute atomic E-state index is 0.0388. The average Bonchev–Trinajstić information content (AvgIpc) is 3.03. The fourth-order valence-corrected chi connectivity index (χ4v) is 4.51. The summed E-state index contributed by atoms with van der Waals surface area (Å²) in [5, 5.41) is 0. The van der Waals surface area contributed by atoms with E-state index in [1.807, 2.05) is 55.5 Å². The molecule has 0 aromatic heterocycles. The Balaban J connectivity index is 1.87. The third-order valence-corrected chi connectivity index (χ3v) is 5.64. The molecule has 0 N–H and O–H groups in total. The van der Waals surface area contributed by atoms with E-state index in [4.69, 9.17) is 12.2 Å². The van der Waals surface area contributed by atoms with Gasteiger partial charge in [-0.25, -0.2) is 0 Å². The monoisotopic (exact) mass is 351 g/mol. The molecular formula is C19H13NO2S2. The summed E-state index contributed by atoms with van der Waals surface area (Å²) in [6.45, 7) is 2.47. The van der Waals surface area contributed by atoms with Crippen molar-refractivity contribution < 1.29 is 9.59 Å². The van der Waals surface area contributed by atoms with Gasteiger partial charge in [0.1, 0.15) is 4.32 Å². The zero-order chi connectivity index (χ0) is 16.8. The molecule has 0 bridgehead atoms. The molecule has 2 aromatic carbocycles. The van der Waals surface area contributed by atoms with Gasteiger partial charge in [-0.15, -0.1) is 0 Å². The minimum Gasteiger partial charge on any atom is -0.293 e. The molecule has 1 aliphatic heterocycles. The second kappa shape index (κ2) is 5.69. The van der Waals surface area contributed by atoms with Crippen LogP contribution in [-0.4, -0.2) is 27.5 Å². The van der Waals surface area contributed by atoms with Crippen molar-refractivity contribution in [3.05, 3.63) is 64.1 Å². The molecule has 5 heteroatoms. The lowest BCUT2D eigenvalue weighted by atomic mass is 9.99. The van der Waals surface area contributed by atoms with E-state index < -0.39 is 0 Å². The molecule has 0 unspecified atom stereocenters. The largest absolute Gasteiger partial charge is 0.293 e. The summed E-state index contributed by atoms with van der Waals surface area (Å²) in [7, 11) is 0. The molecule has 1 fully saturated rings. The number of benzene rings is 2. The van der Waals surface area contributed by atoms with Crippen LogP contribution >= 0.6 is 24.0 Å². The molecule has 1 heterocycles. The summed E-state index contributed by atoms with van der Waals surface area (Å²) in [6.07, 6.45) is 1.85. The second-order valence-corrected chi connectivity index (χ2v) is 7.25. The molecule has 2 aliphatic rings. The third kappa shape index (κ3) is 2.16. The Bertz CT molecular complexity index is 946. The molecule has 24 heavy (non-hydrogen) atoms. The summed E-state index contributed by atoms with van der Waals surface area (Å²) in [4.78, 5) is 27.2. The van der Waals surface area contributed by atoms with Crippen LogP contribution in [0.2, 0.25) is 0 Å². The number of likely N-dealkylation sites (N-methyl/N-ethyl adjacent to an activating group) is 1. The van der Waals surface area contributed by atoms with Gasteiger partial charge in [0, 0.05) is 23.2 Å². The number of rotatable bonds is 2. The zero-order valence-electron chi connectivity index (χ0n) is 12.9. The summed E-state index contributed by atoms with van der Waals surface area (Å²) in [6, 6.07) is 13.2. The SMILES string of the molecule is CCN1C(=O)/C(=C\c2cccc3c2-c2ccccc2C3=O)SC1=S. The topological polar surface area (TPSA) is 37.4 Å². The van der Waals surface area contributed by atoms with Gasteiger partial charge in [-0.3, -0.25) is 14.5 Å². The molecule has 0 saturated carbocycles. The Morgan fingerprint density at radius 2 is 1.75 bits per heavy atom. The summed E-state index contributed by atoms with van der Waals surface area (Å²) in [5.41, 5.74) is 4.11. The minimum atomic E-state index is -0.0669. The van der Waals surface area contributed by atoms with E-state index in [-0.39, 0.29) is 11.7 Å². The number of thiocarbonyl (C=S) groups is 1. The van der Waals surface area contributed by atoms with Crippen LogP contribution in [-0.2, 0) is 4.79 Å². The van der Waals surface area contributed by atoms with Crippen LogP contribution in [0.3, 0.4) is 0 Å². The number of carbonyl (C=O) groups is 2. The van der Waals surface area contributed by atoms with Crippen molar-refractivity contribution in [1.29, 1.82) is 0 Å². The van der Waals surface area contributed by atoms with Crippen molar-refractivity contribution in [3.8, 4) is 11.1 Å². The van der Waals surface area contributed by atoms with E-state index in [1.54, 1.807) is 4.90 Å². The number of hydrogen-bond acceptors (Lipinski definition) is 4. The number of fused-ring (bicyclic) bond motifs is 3. The van der Waals surface area contributed by atoms with E-state index in [1.165, 1.54) is 11.8 Å². The predicted octanol–water partition coefficient (Wildman–Crippen LogP) is 4.12. The number of ketones is 1. The Labute approximate surface area is 149 Å². The van der Waals surface area contributed by atoms with Crippen molar-refractivity contribution in [2.45, 2.75) is 6.92 Å². The van der Waals surface area contributed by atoms with Crippen LogP contribution in [0, 0.1) is 0 Å². The molecule has 118 valence electrons. The number of nitrogens with zero attached hydrogens (tertiary/aromatic N) is 1. The third-order valence-electron chi connectivity index (χ3n) is 4.26. The van der Waals surface area contributed by atoms with Crippen molar-refractivity contribution in [2.75, 3.05) is 6.54 Å². The van der Waals surface area contributed by atoms with Gasteiger partial charge in [-0.05, 0) is 24.1 Å². The molecule has 4 rings (SSSR count). The predicted molar refractivity (Wildman–Crippen MR) is 101 cm³/mol. The lowest BCUT2D eigenvalue weighted by molar-refractivity contribution is -0.121. The molecule has 2 aromatic rings. The number of thioether (sulfide) groups is 1. The van der Waals surface area contributed by atoms with Gasteiger partial charge in [0.05, 0.1) is 4.91 Å². The highest BCUT2D eigenvalue weighted by Crippen LogP contribution is 2.41. The molecule has 1 aliphatic carbocycles. The van der Waals surface area contributed by atoms with Gasteiger partial charge >= 0.3 is 0 Å². The van der Waals surface area contributed by atoms with E-state index in [2.05, 4.69) is 0 Å². The number of carbonyl (C=O) groups excluding carboxylic acids is 2. The van der Waals surface area contributed by atoms with Crippen LogP contribution in [0.1, 0.15) is 28.4 Å². The number of hydrogen-bond donors (Lipinski definition) is 0. The summed E-state index contributed by atoms with van der Waals surface area (Å²) < 4.78 is 0.581. The fraction of sp³-hybridized carbons (Fsp3) is 0.105. The van der Waals surface area contributed by atoms with Gasteiger partial charge in [0.15, 0.2) is 5.78 Å². The first-order chi connectivity index (χ1) is 11.6. The highest BCUT2D eigenvalue weighted by Gasteiger charge is 2.32. The van der Waals surface area contributed by atoms with Crippen LogP contribution in [0.4, 0.5) is 0 Å². The Hall–Kier alpha value is -2.24. The lowest BCUT2D eigenvalue weighted by Gasteiger charge is -2.09. The average molecular weight is 351 g/mol. The highest BCUT2D eigenvalue weighted by atomic mass is 32.2. The van der Waals surface area contributed by atoms with Crippen molar-refractivity contribution in [3.63, 3.8) is 0 Å². The normalized spacial score (nSPS) is 17.6.